The summed E-state index contributed by atoms with van der Waals surface area (Å²) in [6.07, 6.45) is 0. The molecular formula is C15H13ClN4O5. The first-order valence-corrected chi connectivity index (χ1v) is 7.40. The summed E-state index contributed by atoms with van der Waals surface area (Å²) in [5.41, 5.74) is -2.54. The van der Waals surface area contributed by atoms with Crippen LogP contribution in [0, 0.1) is 0 Å². The normalized spacial score (nSPS) is 19.2. The summed E-state index contributed by atoms with van der Waals surface area (Å²) in [5.74, 6) is -2.05. The third-order valence-electron chi connectivity index (χ3n) is 3.71. The van der Waals surface area contributed by atoms with Crippen LogP contribution in [-0.2, 0) is 24.7 Å². The Morgan fingerprint density at radius 2 is 1.92 bits per heavy atom. The summed E-state index contributed by atoms with van der Waals surface area (Å²) < 4.78 is 9.27. The fourth-order valence-electron chi connectivity index (χ4n) is 2.49. The highest BCUT2D eigenvalue weighted by molar-refractivity contribution is 6.44. The molecule has 0 bridgehead atoms. The van der Waals surface area contributed by atoms with Gasteiger partial charge in [0.25, 0.3) is 5.60 Å². The van der Waals surface area contributed by atoms with E-state index in [9.17, 15) is 14.7 Å². The molecule has 0 fully saturated rings. The molecule has 1 N–H and O–H groups in total. The minimum Gasteiger partial charge on any atom is -0.466 e. The van der Waals surface area contributed by atoms with Crippen molar-refractivity contribution in [3.8, 4) is 0 Å². The Kier molecular flexibility index (Phi) is 4.05. The lowest BCUT2D eigenvalue weighted by atomic mass is 9.91. The number of aliphatic hydroxyl groups is 1. The van der Waals surface area contributed by atoms with Crippen molar-refractivity contribution in [2.45, 2.75) is 5.60 Å². The number of halogens is 1. The minimum absolute atomic E-state index is 0.0929. The molecule has 9 nitrogen and oxygen atoms in total. The number of hydrazone groups is 1. The highest BCUT2D eigenvalue weighted by Gasteiger charge is 2.55. The summed E-state index contributed by atoms with van der Waals surface area (Å²) in [6.45, 7) is 0. The SMILES string of the molecule is COC(=O)C1=NN(C)c2nc3ccc(Cl)cc3nc2C1(O)C(=O)OC. The number of fused-ring (bicyclic) bond motifs is 2. The molecule has 3 rings (SSSR count). The van der Waals surface area contributed by atoms with Crippen molar-refractivity contribution in [1.82, 2.24) is 9.97 Å². The van der Waals surface area contributed by atoms with Crippen LogP contribution in [0.4, 0.5) is 5.82 Å². The second-order valence-electron chi connectivity index (χ2n) is 5.19. The molecular weight excluding hydrogens is 352 g/mol. The van der Waals surface area contributed by atoms with Crippen molar-refractivity contribution in [1.29, 1.82) is 0 Å². The number of aromatic nitrogens is 2. The van der Waals surface area contributed by atoms with Crippen LogP contribution in [0.1, 0.15) is 5.69 Å². The molecule has 0 saturated heterocycles. The molecule has 10 heteroatoms. The highest BCUT2D eigenvalue weighted by atomic mass is 35.5. The molecule has 1 unspecified atom stereocenters. The van der Waals surface area contributed by atoms with Gasteiger partial charge in [0.15, 0.2) is 11.5 Å². The zero-order chi connectivity index (χ0) is 18.4. The number of methoxy groups -OCH3 is 2. The van der Waals surface area contributed by atoms with E-state index in [0.29, 0.717) is 16.1 Å². The minimum atomic E-state index is -2.56. The van der Waals surface area contributed by atoms with Gasteiger partial charge in [-0.3, -0.25) is 0 Å². The van der Waals surface area contributed by atoms with Gasteiger partial charge in [0.2, 0.25) is 0 Å². The molecule has 1 aromatic heterocycles. The van der Waals surface area contributed by atoms with Gasteiger partial charge < -0.3 is 14.6 Å². The predicted octanol–water partition coefficient (Wildman–Crippen LogP) is 0.623. The van der Waals surface area contributed by atoms with Gasteiger partial charge in [-0.05, 0) is 18.2 Å². The van der Waals surface area contributed by atoms with Crippen molar-refractivity contribution < 1.29 is 24.2 Å². The van der Waals surface area contributed by atoms with Crippen molar-refractivity contribution >= 4 is 46.1 Å². The van der Waals surface area contributed by atoms with Crippen LogP contribution in [0.25, 0.3) is 11.0 Å². The lowest BCUT2D eigenvalue weighted by molar-refractivity contribution is -0.158. The molecule has 1 aliphatic rings. The summed E-state index contributed by atoms with van der Waals surface area (Å²) >= 11 is 5.96. The first-order valence-electron chi connectivity index (χ1n) is 7.02. The number of hydrogen-bond donors (Lipinski definition) is 1. The summed E-state index contributed by atoms with van der Waals surface area (Å²) in [7, 11) is 3.66. The Balaban J connectivity index is 2.35. The predicted molar refractivity (Wildman–Crippen MR) is 88.3 cm³/mol. The summed E-state index contributed by atoms with van der Waals surface area (Å²) in [6, 6.07) is 4.78. The molecule has 1 atom stereocenters. The molecule has 2 aromatic rings. The van der Waals surface area contributed by atoms with E-state index >= 15 is 0 Å². The van der Waals surface area contributed by atoms with E-state index in [-0.39, 0.29) is 11.5 Å². The van der Waals surface area contributed by atoms with E-state index in [4.69, 9.17) is 11.6 Å². The van der Waals surface area contributed by atoms with Crippen LogP contribution >= 0.6 is 11.6 Å². The fraction of sp³-hybridized carbons (Fsp3) is 0.267. The number of rotatable bonds is 2. The quantitative estimate of drug-likeness (QED) is 0.771. The molecule has 0 radical (unpaired) electrons. The zero-order valence-corrected chi connectivity index (χ0v) is 14.2. The van der Waals surface area contributed by atoms with Crippen molar-refractivity contribution in [2.24, 2.45) is 5.10 Å². The third kappa shape index (κ3) is 2.48. The fourth-order valence-corrected chi connectivity index (χ4v) is 2.66. The average molecular weight is 365 g/mol. The van der Waals surface area contributed by atoms with E-state index in [0.717, 1.165) is 14.2 Å². The van der Waals surface area contributed by atoms with Gasteiger partial charge in [0.05, 0.1) is 25.3 Å². The lowest BCUT2D eigenvalue weighted by Gasteiger charge is -2.32. The number of benzene rings is 1. The second kappa shape index (κ2) is 5.94. The molecule has 130 valence electrons. The van der Waals surface area contributed by atoms with E-state index in [2.05, 4.69) is 24.5 Å². The number of ether oxygens (including phenoxy) is 2. The maximum Gasteiger partial charge on any atom is 0.358 e. The Morgan fingerprint density at radius 1 is 1.20 bits per heavy atom. The summed E-state index contributed by atoms with van der Waals surface area (Å²) in [4.78, 5) is 33.0. The Bertz CT molecular complexity index is 932. The van der Waals surface area contributed by atoms with Crippen molar-refractivity contribution in [2.75, 3.05) is 26.3 Å². The summed E-state index contributed by atoms with van der Waals surface area (Å²) in [5, 5.41) is 16.6. The molecule has 1 aromatic carbocycles. The van der Waals surface area contributed by atoms with Crippen molar-refractivity contribution in [3.63, 3.8) is 0 Å². The smallest absolute Gasteiger partial charge is 0.358 e. The second-order valence-corrected chi connectivity index (χ2v) is 5.63. The van der Waals surface area contributed by atoms with Crippen LogP contribution in [-0.4, -0.2) is 54.0 Å². The number of nitrogens with zero attached hydrogens (tertiary/aromatic N) is 4. The van der Waals surface area contributed by atoms with Crippen LogP contribution in [0.5, 0.6) is 0 Å². The van der Waals surface area contributed by atoms with E-state index in [1.54, 1.807) is 12.1 Å². The van der Waals surface area contributed by atoms with E-state index < -0.39 is 23.3 Å². The molecule has 0 spiro atoms. The standard InChI is InChI=1S/C15H13ClN4O5/c1-20-12-10(17-9-6-7(16)4-5-8(9)18-12)15(23,14(22)25-3)11(19-20)13(21)24-2/h4-6,23H,1-3H3. The maximum absolute atomic E-state index is 12.3. The van der Waals surface area contributed by atoms with Gasteiger partial charge in [0.1, 0.15) is 5.69 Å². The van der Waals surface area contributed by atoms with E-state index in [1.807, 2.05) is 0 Å². The first kappa shape index (κ1) is 17.1. The largest absolute Gasteiger partial charge is 0.466 e. The third-order valence-corrected chi connectivity index (χ3v) is 3.94. The Hall–Kier alpha value is -2.78. The Morgan fingerprint density at radius 3 is 2.56 bits per heavy atom. The van der Waals surface area contributed by atoms with Gasteiger partial charge in [-0.1, -0.05) is 11.6 Å². The van der Waals surface area contributed by atoms with Crippen LogP contribution < -0.4 is 5.01 Å². The van der Waals surface area contributed by atoms with Gasteiger partial charge in [0, 0.05) is 12.1 Å². The van der Waals surface area contributed by atoms with Crippen molar-refractivity contribution in [3.05, 3.63) is 28.9 Å². The topological polar surface area (TPSA) is 114 Å². The van der Waals surface area contributed by atoms with Gasteiger partial charge in [-0.2, -0.15) is 5.10 Å². The number of carbonyl (C=O) groups excluding carboxylic acids is 2. The average Bonchev–Trinajstić information content (AvgIpc) is 2.61. The number of esters is 2. The molecule has 0 amide bonds. The monoisotopic (exact) mass is 364 g/mol. The van der Waals surface area contributed by atoms with Crippen LogP contribution in [0.3, 0.4) is 0 Å². The van der Waals surface area contributed by atoms with E-state index in [1.165, 1.54) is 18.1 Å². The maximum atomic E-state index is 12.3. The highest BCUT2D eigenvalue weighted by Crippen LogP contribution is 2.36. The Labute approximate surface area is 146 Å². The first-order chi connectivity index (χ1) is 11.8. The molecule has 25 heavy (non-hydrogen) atoms. The number of anilines is 1. The molecule has 0 aliphatic carbocycles. The number of hydrogen-bond acceptors (Lipinski definition) is 9. The molecule has 2 heterocycles. The van der Waals surface area contributed by atoms with Crippen LogP contribution in [0.2, 0.25) is 5.02 Å². The van der Waals surface area contributed by atoms with Crippen LogP contribution in [0.15, 0.2) is 23.3 Å². The number of carbonyl (C=O) groups is 2. The molecule has 1 aliphatic heterocycles. The molecule has 0 saturated carbocycles. The van der Waals surface area contributed by atoms with Gasteiger partial charge >= 0.3 is 11.9 Å². The van der Waals surface area contributed by atoms with Gasteiger partial charge in [-0.25, -0.2) is 24.6 Å². The lowest BCUT2D eigenvalue weighted by Crippen LogP contribution is -2.53. The van der Waals surface area contributed by atoms with Gasteiger partial charge in [-0.15, -0.1) is 0 Å². The zero-order valence-electron chi connectivity index (χ0n) is 13.5.